The maximum absolute atomic E-state index is 9.17. The van der Waals surface area contributed by atoms with Gasteiger partial charge in [0, 0.05) is 0 Å². The van der Waals surface area contributed by atoms with Crippen molar-refractivity contribution < 1.29 is 19.7 Å². The highest BCUT2D eigenvalue weighted by atomic mass is 16.5. The summed E-state index contributed by atoms with van der Waals surface area (Å²) in [5, 5.41) is 18.3. The fraction of sp³-hybridized carbons (Fsp3) is 0.250. The van der Waals surface area contributed by atoms with Crippen LogP contribution in [0.5, 0.6) is 11.5 Å². The molecule has 2 aromatic carbocycles. The summed E-state index contributed by atoms with van der Waals surface area (Å²) in [6.07, 6.45) is 0. The van der Waals surface area contributed by atoms with Gasteiger partial charge in [-0.2, -0.15) is 0 Å². The molecule has 0 aromatic heterocycles. The van der Waals surface area contributed by atoms with Crippen LogP contribution in [0.25, 0.3) is 0 Å². The van der Waals surface area contributed by atoms with Gasteiger partial charge in [-0.25, -0.2) is 0 Å². The largest absolute Gasteiger partial charge is 0.497 e. The summed E-state index contributed by atoms with van der Waals surface area (Å²) in [5.74, 6) is 1.44. The lowest BCUT2D eigenvalue weighted by Gasteiger charge is -2.10. The van der Waals surface area contributed by atoms with Crippen molar-refractivity contribution in [1.82, 2.24) is 0 Å². The first-order valence-corrected chi connectivity index (χ1v) is 6.35. The summed E-state index contributed by atoms with van der Waals surface area (Å²) in [7, 11) is 1.63. The first-order valence-electron chi connectivity index (χ1n) is 6.35. The topological polar surface area (TPSA) is 58.9 Å². The molecule has 0 unspecified atom stereocenters. The normalized spacial score (nSPS) is 10.3. The Bertz CT molecular complexity index is 527. The molecule has 2 aromatic rings. The van der Waals surface area contributed by atoms with Crippen molar-refractivity contribution in [2.75, 3.05) is 7.11 Å². The molecule has 20 heavy (non-hydrogen) atoms. The average molecular weight is 274 g/mol. The lowest BCUT2D eigenvalue weighted by molar-refractivity contribution is 0.269. The van der Waals surface area contributed by atoms with Crippen LogP contribution in [0.2, 0.25) is 0 Å². The Morgan fingerprint density at radius 2 is 1.40 bits per heavy atom. The molecule has 2 rings (SSSR count). The van der Waals surface area contributed by atoms with Crippen LogP contribution in [0.3, 0.4) is 0 Å². The minimum absolute atomic E-state index is 0.0767. The second-order valence-corrected chi connectivity index (χ2v) is 4.44. The number of hydrogen-bond acceptors (Lipinski definition) is 4. The SMILES string of the molecule is COc1ccc(COc2cc(CO)cc(CO)c2)cc1. The van der Waals surface area contributed by atoms with E-state index in [2.05, 4.69) is 0 Å². The van der Waals surface area contributed by atoms with E-state index in [1.54, 1.807) is 25.3 Å². The van der Waals surface area contributed by atoms with Crippen LogP contribution >= 0.6 is 0 Å². The zero-order valence-corrected chi connectivity index (χ0v) is 11.4. The van der Waals surface area contributed by atoms with Gasteiger partial charge in [-0.15, -0.1) is 0 Å². The fourth-order valence-electron chi connectivity index (χ4n) is 1.88. The summed E-state index contributed by atoms with van der Waals surface area (Å²) in [4.78, 5) is 0. The first-order chi connectivity index (χ1) is 9.75. The Morgan fingerprint density at radius 1 is 0.800 bits per heavy atom. The van der Waals surface area contributed by atoms with Crippen molar-refractivity contribution in [1.29, 1.82) is 0 Å². The summed E-state index contributed by atoms with van der Waals surface area (Å²) < 4.78 is 10.8. The molecule has 0 bridgehead atoms. The molecule has 0 aliphatic carbocycles. The third-order valence-electron chi connectivity index (χ3n) is 2.96. The zero-order valence-electron chi connectivity index (χ0n) is 11.4. The quantitative estimate of drug-likeness (QED) is 0.848. The van der Waals surface area contributed by atoms with Gasteiger partial charge in [0.2, 0.25) is 0 Å². The van der Waals surface area contributed by atoms with Crippen LogP contribution in [0.1, 0.15) is 16.7 Å². The smallest absolute Gasteiger partial charge is 0.120 e. The van der Waals surface area contributed by atoms with Crippen LogP contribution in [0, 0.1) is 0 Å². The molecule has 0 saturated heterocycles. The molecule has 0 saturated carbocycles. The Kier molecular flexibility index (Phi) is 4.98. The molecule has 0 atom stereocenters. The van der Waals surface area contributed by atoms with Gasteiger partial charge in [-0.3, -0.25) is 0 Å². The molecule has 0 aliphatic rings. The third kappa shape index (κ3) is 3.73. The molecule has 0 amide bonds. The van der Waals surface area contributed by atoms with Crippen LogP contribution in [-0.2, 0) is 19.8 Å². The number of rotatable bonds is 6. The number of methoxy groups -OCH3 is 1. The number of aliphatic hydroxyl groups excluding tert-OH is 2. The van der Waals surface area contributed by atoms with Crippen LogP contribution in [0.15, 0.2) is 42.5 Å². The molecule has 4 heteroatoms. The highest BCUT2D eigenvalue weighted by Gasteiger charge is 2.02. The van der Waals surface area contributed by atoms with E-state index in [9.17, 15) is 10.2 Å². The van der Waals surface area contributed by atoms with Gasteiger partial charge in [0.15, 0.2) is 0 Å². The van der Waals surface area contributed by atoms with E-state index in [-0.39, 0.29) is 13.2 Å². The van der Waals surface area contributed by atoms with Crippen molar-refractivity contribution in [3.05, 3.63) is 59.2 Å². The Labute approximate surface area is 118 Å². The first kappa shape index (κ1) is 14.4. The number of ether oxygens (including phenoxy) is 2. The highest BCUT2D eigenvalue weighted by molar-refractivity contribution is 5.34. The van der Waals surface area contributed by atoms with E-state index in [0.717, 1.165) is 22.4 Å². The fourth-order valence-corrected chi connectivity index (χ4v) is 1.88. The molecule has 0 radical (unpaired) electrons. The van der Waals surface area contributed by atoms with E-state index in [4.69, 9.17) is 9.47 Å². The van der Waals surface area contributed by atoms with Gasteiger partial charge < -0.3 is 19.7 Å². The van der Waals surface area contributed by atoms with Crippen molar-refractivity contribution in [2.24, 2.45) is 0 Å². The van der Waals surface area contributed by atoms with Crippen LogP contribution in [0.4, 0.5) is 0 Å². The highest BCUT2D eigenvalue weighted by Crippen LogP contribution is 2.19. The van der Waals surface area contributed by atoms with Crippen LogP contribution in [-0.4, -0.2) is 17.3 Å². The molecule has 0 heterocycles. The van der Waals surface area contributed by atoms with E-state index < -0.39 is 0 Å². The molecule has 4 nitrogen and oxygen atoms in total. The summed E-state index contributed by atoms with van der Waals surface area (Å²) >= 11 is 0. The van der Waals surface area contributed by atoms with Crippen molar-refractivity contribution in [3.63, 3.8) is 0 Å². The Hall–Kier alpha value is -2.04. The van der Waals surface area contributed by atoms with E-state index in [1.165, 1.54) is 0 Å². The van der Waals surface area contributed by atoms with Gasteiger partial charge in [-0.05, 0) is 41.0 Å². The van der Waals surface area contributed by atoms with Crippen LogP contribution < -0.4 is 9.47 Å². The molecule has 0 spiro atoms. The second-order valence-electron chi connectivity index (χ2n) is 4.44. The summed E-state index contributed by atoms with van der Waals surface area (Å²) in [6, 6.07) is 12.9. The van der Waals surface area contributed by atoms with Crippen molar-refractivity contribution in [3.8, 4) is 11.5 Å². The van der Waals surface area contributed by atoms with Gasteiger partial charge in [0.05, 0.1) is 20.3 Å². The number of hydrogen-bond donors (Lipinski definition) is 2. The van der Waals surface area contributed by atoms with Crippen molar-refractivity contribution in [2.45, 2.75) is 19.8 Å². The molecular formula is C16H18O4. The average Bonchev–Trinajstić information content (AvgIpc) is 2.53. The lowest BCUT2D eigenvalue weighted by atomic mass is 10.1. The van der Waals surface area contributed by atoms with Gasteiger partial charge in [0.1, 0.15) is 18.1 Å². The molecule has 0 aliphatic heterocycles. The summed E-state index contributed by atoms with van der Waals surface area (Å²) in [6.45, 7) is 0.267. The standard InChI is InChI=1S/C16H18O4/c1-19-15-4-2-12(3-5-15)11-20-16-7-13(9-17)6-14(8-16)10-18/h2-8,17-18H,9-11H2,1H3. The second kappa shape index (κ2) is 6.93. The zero-order chi connectivity index (χ0) is 14.4. The maximum Gasteiger partial charge on any atom is 0.120 e. The van der Waals surface area contributed by atoms with E-state index in [0.29, 0.717) is 12.4 Å². The van der Waals surface area contributed by atoms with Gasteiger partial charge in [-0.1, -0.05) is 18.2 Å². The number of benzene rings is 2. The monoisotopic (exact) mass is 274 g/mol. The third-order valence-corrected chi connectivity index (χ3v) is 2.96. The predicted octanol–water partition coefficient (Wildman–Crippen LogP) is 2.26. The molecule has 0 fully saturated rings. The summed E-state index contributed by atoms with van der Waals surface area (Å²) in [5.41, 5.74) is 2.47. The number of aliphatic hydroxyl groups is 2. The van der Waals surface area contributed by atoms with E-state index in [1.807, 2.05) is 24.3 Å². The van der Waals surface area contributed by atoms with Crippen molar-refractivity contribution >= 4 is 0 Å². The minimum atomic E-state index is -0.0767. The Balaban J connectivity index is 2.05. The maximum atomic E-state index is 9.17. The van der Waals surface area contributed by atoms with Gasteiger partial charge in [0.25, 0.3) is 0 Å². The lowest BCUT2D eigenvalue weighted by Crippen LogP contribution is -1.98. The minimum Gasteiger partial charge on any atom is -0.497 e. The van der Waals surface area contributed by atoms with Gasteiger partial charge >= 0.3 is 0 Å². The van der Waals surface area contributed by atoms with E-state index >= 15 is 0 Å². The molecular weight excluding hydrogens is 256 g/mol. The molecule has 106 valence electrons. The molecule has 2 N–H and O–H groups in total. The predicted molar refractivity (Wildman–Crippen MR) is 75.6 cm³/mol. The Morgan fingerprint density at radius 3 is 1.90 bits per heavy atom.